The van der Waals surface area contributed by atoms with Gasteiger partial charge in [0.2, 0.25) is 0 Å². The predicted molar refractivity (Wildman–Crippen MR) is 60.9 cm³/mol. The van der Waals surface area contributed by atoms with E-state index < -0.39 is 0 Å². The minimum atomic E-state index is 0.633. The second-order valence-corrected chi connectivity index (χ2v) is 3.88. The lowest BCUT2D eigenvalue weighted by atomic mass is 10.3. The summed E-state index contributed by atoms with van der Waals surface area (Å²) in [4.78, 5) is 2.43. The number of rotatable bonds is 4. The Morgan fingerprint density at radius 3 is 2.93 bits per heavy atom. The van der Waals surface area contributed by atoms with Gasteiger partial charge in [0.25, 0.3) is 0 Å². The molecule has 1 heterocycles. The summed E-state index contributed by atoms with van der Waals surface area (Å²) in [5, 5.41) is 0. The van der Waals surface area contributed by atoms with Crippen molar-refractivity contribution in [3.8, 4) is 5.75 Å². The fourth-order valence-corrected chi connectivity index (χ4v) is 1.85. The molecule has 0 aromatic heterocycles. The van der Waals surface area contributed by atoms with Crippen molar-refractivity contribution in [3.05, 3.63) is 24.3 Å². The molecule has 2 N–H and O–H groups in total. The van der Waals surface area contributed by atoms with Crippen LogP contribution in [0.5, 0.6) is 5.75 Å². The van der Waals surface area contributed by atoms with Crippen LogP contribution in [-0.4, -0.2) is 31.1 Å². The molecule has 0 atom stereocenters. The molecular weight excluding hydrogens is 188 g/mol. The summed E-state index contributed by atoms with van der Waals surface area (Å²) in [5.74, 6) is 0.838. The van der Waals surface area contributed by atoms with E-state index in [-0.39, 0.29) is 0 Å². The summed E-state index contributed by atoms with van der Waals surface area (Å²) >= 11 is 0. The summed E-state index contributed by atoms with van der Waals surface area (Å²) in [6.45, 7) is 4.18. The standard InChI is InChI=1S/C12H17N2O/c13-11-4-3-5-12(10-11)15-9-8-14-6-1-2-7-14/h3,5,10H,1-2,6-9,13H2. The summed E-state index contributed by atoms with van der Waals surface area (Å²) < 4.78 is 5.61. The monoisotopic (exact) mass is 205 g/mol. The first-order valence-corrected chi connectivity index (χ1v) is 5.47. The van der Waals surface area contributed by atoms with E-state index in [9.17, 15) is 0 Å². The highest BCUT2D eigenvalue weighted by molar-refractivity contribution is 5.42. The Morgan fingerprint density at radius 1 is 1.40 bits per heavy atom. The van der Waals surface area contributed by atoms with Crippen molar-refractivity contribution in [2.75, 3.05) is 32.0 Å². The Balaban J connectivity index is 1.73. The highest BCUT2D eigenvalue weighted by Crippen LogP contribution is 2.14. The number of nitrogens with two attached hydrogens (primary N) is 1. The van der Waals surface area contributed by atoms with Crippen LogP contribution in [0.3, 0.4) is 0 Å². The van der Waals surface area contributed by atoms with E-state index in [0.717, 1.165) is 18.9 Å². The average Bonchev–Trinajstić information content (AvgIpc) is 2.71. The lowest BCUT2D eigenvalue weighted by molar-refractivity contribution is 0.238. The Bertz CT molecular complexity index is 308. The van der Waals surface area contributed by atoms with Crippen LogP contribution in [0.4, 0.5) is 5.69 Å². The first kappa shape index (κ1) is 10.3. The van der Waals surface area contributed by atoms with Gasteiger partial charge >= 0.3 is 0 Å². The molecule has 2 rings (SSSR count). The highest BCUT2D eigenvalue weighted by atomic mass is 16.5. The van der Waals surface area contributed by atoms with Crippen LogP contribution in [0.25, 0.3) is 0 Å². The summed E-state index contributed by atoms with van der Waals surface area (Å²) in [6.07, 6.45) is 2.65. The highest BCUT2D eigenvalue weighted by Gasteiger charge is 2.10. The van der Waals surface area contributed by atoms with Gasteiger partial charge in [-0.05, 0) is 38.1 Å². The van der Waals surface area contributed by atoms with Gasteiger partial charge in [0.05, 0.1) is 0 Å². The largest absolute Gasteiger partial charge is 0.492 e. The van der Waals surface area contributed by atoms with Crippen LogP contribution in [0, 0.1) is 6.07 Å². The molecule has 81 valence electrons. The molecule has 0 spiro atoms. The van der Waals surface area contributed by atoms with Crippen LogP contribution in [-0.2, 0) is 0 Å². The van der Waals surface area contributed by atoms with E-state index >= 15 is 0 Å². The molecule has 1 aliphatic heterocycles. The molecule has 1 aromatic carbocycles. The Labute approximate surface area is 90.8 Å². The molecule has 0 unspecified atom stereocenters. The van der Waals surface area contributed by atoms with Gasteiger partial charge in [0.1, 0.15) is 12.4 Å². The summed E-state index contributed by atoms with van der Waals surface area (Å²) in [7, 11) is 0. The quantitative estimate of drug-likeness (QED) is 0.758. The van der Waals surface area contributed by atoms with Crippen LogP contribution < -0.4 is 10.5 Å². The van der Waals surface area contributed by atoms with E-state index in [4.69, 9.17) is 10.5 Å². The molecule has 0 amide bonds. The zero-order valence-electron chi connectivity index (χ0n) is 8.91. The Morgan fingerprint density at radius 2 is 2.20 bits per heavy atom. The van der Waals surface area contributed by atoms with Gasteiger partial charge in [-0.25, -0.2) is 0 Å². The molecule has 1 radical (unpaired) electrons. The van der Waals surface area contributed by atoms with Gasteiger partial charge in [-0.2, -0.15) is 0 Å². The molecule has 3 nitrogen and oxygen atoms in total. The normalized spacial score (nSPS) is 16.8. The third-order valence-electron chi connectivity index (χ3n) is 2.67. The molecule has 0 aliphatic carbocycles. The van der Waals surface area contributed by atoms with Gasteiger partial charge < -0.3 is 10.5 Å². The van der Waals surface area contributed by atoms with Gasteiger partial charge in [0, 0.05) is 24.4 Å². The van der Waals surface area contributed by atoms with Crippen LogP contribution in [0.2, 0.25) is 0 Å². The smallest absolute Gasteiger partial charge is 0.121 e. The zero-order valence-corrected chi connectivity index (χ0v) is 8.91. The molecule has 0 saturated carbocycles. The van der Waals surface area contributed by atoms with E-state index in [0.29, 0.717) is 5.69 Å². The summed E-state index contributed by atoms with van der Waals surface area (Å²) in [6, 6.07) is 8.38. The number of ether oxygens (including phenoxy) is 1. The van der Waals surface area contributed by atoms with Crippen LogP contribution in [0.15, 0.2) is 18.2 Å². The molecule has 15 heavy (non-hydrogen) atoms. The van der Waals surface area contributed by atoms with Crippen molar-refractivity contribution >= 4 is 5.69 Å². The number of nitrogens with zero attached hydrogens (tertiary/aromatic N) is 1. The van der Waals surface area contributed by atoms with E-state index in [1.165, 1.54) is 25.9 Å². The van der Waals surface area contributed by atoms with E-state index in [1.54, 1.807) is 6.07 Å². The third-order valence-corrected chi connectivity index (χ3v) is 2.67. The number of nitrogen functional groups attached to an aromatic ring is 1. The molecule has 1 aliphatic rings. The van der Waals surface area contributed by atoms with Crippen molar-refractivity contribution in [1.29, 1.82) is 0 Å². The maximum Gasteiger partial charge on any atom is 0.121 e. The molecule has 0 bridgehead atoms. The lowest BCUT2D eigenvalue weighted by Gasteiger charge is -2.14. The first-order valence-electron chi connectivity index (χ1n) is 5.47. The Kier molecular flexibility index (Phi) is 3.45. The van der Waals surface area contributed by atoms with Crippen molar-refractivity contribution in [1.82, 2.24) is 4.90 Å². The molecular formula is C12H17N2O. The summed E-state index contributed by atoms with van der Waals surface area (Å²) in [5.41, 5.74) is 6.24. The maximum absolute atomic E-state index is 5.61. The predicted octanol–water partition coefficient (Wildman–Crippen LogP) is 1.54. The van der Waals surface area contributed by atoms with E-state index in [2.05, 4.69) is 11.0 Å². The van der Waals surface area contributed by atoms with Crippen LogP contribution >= 0.6 is 0 Å². The topological polar surface area (TPSA) is 38.5 Å². The number of likely N-dealkylation sites (tertiary alicyclic amines) is 1. The second kappa shape index (κ2) is 5.03. The number of benzene rings is 1. The number of anilines is 1. The fraction of sp³-hybridized carbons (Fsp3) is 0.500. The number of hydrogen-bond donors (Lipinski definition) is 1. The third kappa shape index (κ3) is 3.13. The molecule has 3 heteroatoms. The Hall–Kier alpha value is -1.22. The minimum Gasteiger partial charge on any atom is -0.492 e. The van der Waals surface area contributed by atoms with Crippen molar-refractivity contribution in [3.63, 3.8) is 0 Å². The average molecular weight is 205 g/mol. The lowest BCUT2D eigenvalue weighted by Crippen LogP contribution is -2.25. The van der Waals surface area contributed by atoms with Gasteiger partial charge in [-0.15, -0.1) is 0 Å². The van der Waals surface area contributed by atoms with Crippen molar-refractivity contribution in [2.24, 2.45) is 0 Å². The molecule has 1 saturated heterocycles. The zero-order chi connectivity index (χ0) is 10.5. The van der Waals surface area contributed by atoms with Crippen molar-refractivity contribution in [2.45, 2.75) is 12.8 Å². The molecule has 1 fully saturated rings. The van der Waals surface area contributed by atoms with Gasteiger partial charge in [-0.1, -0.05) is 0 Å². The van der Waals surface area contributed by atoms with E-state index in [1.807, 2.05) is 12.1 Å². The van der Waals surface area contributed by atoms with Gasteiger partial charge in [-0.3, -0.25) is 4.90 Å². The SMILES string of the molecule is Nc1[c]ccc(OCCN2CCCC2)c1. The molecule has 1 aromatic rings. The minimum absolute atomic E-state index is 0.633. The maximum atomic E-state index is 5.61. The van der Waals surface area contributed by atoms with Crippen LogP contribution in [0.1, 0.15) is 12.8 Å². The fourth-order valence-electron chi connectivity index (χ4n) is 1.85. The van der Waals surface area contributed by atoms with Gasteiger partial charge in [0.15, 0.2) is 0 Å². The second-order valence-electron chi connectivity index (χ2n) is 3.88. The van der Waals surface area contributed by atoms with Crippen molar-refractivity contribution < 1.29 is 4.74 Å². The number of hydrogen-bond acceptors (Lipinski definition) is 3. The first-order chi connectivity index (χ1) is 7.34.